The van der Waals surface area contributed by atoms with Crippen LogP contribution in [0.25, 0.3) is 0 Å². The average Bonchev–Trinajstić information content (AvgIpc) is 2.94. The number of amides is 1. The Kier molecular flexibility index (Phi) is 5.76. The second-order valence-corrected chi connectivity index (χ2v) is 8.57. The van der Waals surface area contributed by atoms with Crippen LogP contribution in [-0.2, 0) is 11.2 Å². The van der Waals surface area contributed by atoms with Crippen molar-refractivity contribution in [3.05, 3.63) is 65.2 Å². The van der Waals surface area contributed by atoms with Crippen LogP contribution in [0.3, 0.4) is 0 Å². The first-order chi connectivity index (χ1) is 14.0. The fourth-order valence-electron chi connectivity index (χ4n) is 4.24. The number of piperidine rings is 1. The summed E-state index contributed by atoms with van der Waals surface area (Å²) in [7, 11) is 1.92. The lowest BCUT2D eigenvalue weighted by atomic mass is 9.96. The fraction of sp³-hybridized carbons (Fsp3) is 0.364. The van der Waals surface area contributed by atoms with Gasteiger partial charge in [-0.05, 0) is 42.4 Å². The van der Waals surface area contributed by atoms with Crippen LogP contribution < -0.4 is 10.6 Å². The van der Waals surface area contributed by atoms with Crippen LogP contribution in [0.1, 0.15) is 18.4 Å². The normalized spacial score (nSPS) is 20.9. The third-order valence-corrected chi connectivity index (χ3v) is 6.55. The van der Waals surface area contributed by atoms with E-state index in [0.29, 0.717) is 16.6 Å². The minimum atomic E-state index is -0.293. The second kappa shape index (κ2) is 8.30. The molecule has 2 aliphatic heterocycles. The minimum Gasteiger partial charge on any atom is -0.349 e. The van der Waals surface area contributed by atoms with Gasteiger partial charge < -0.3 is 15.1 Å². The summed E-state index contributed by atoms with van der Waals surface area (Å²) in [5.41, 5.74) is 1.77. The number of likely N-dealkylation sites (N-methyl/N-ethyl adjacent to an activating group) is 1. The van der Waals surface area contributed by atoms with Crippen molar-refractivity contribution in [2.24, 2.45) is 0 Å². The molecule has 0 unspecified atom stereocenters. The Labute approximate surface area is 182 Å². The molecule has 1 atom stereocenters. The standard InChI is InChI=1S/C22H25ClN4OS/c1-26-20(28)19(14-16-6-3-2-4-7-16)25-22(26)10-12-27(13-11-22)21(29)24-18-9-5-8-17(23)15-18/h2-9,15,19,25H,10-14H2,1H3,(H,24,29)/t19-/m1/s1. The van der Waals surface area contributed by atoms with Crippen molar-refractivity contribution in [1.29, 1.82) is 0 Å². The van der Waals surface area contributed by atoms with E-state index in [0.717, 1.165) is 31.6 Å². The predicted octanol–water partition coefficient (Wildman–Crippen LogP) is 3.50. The summed E-state index contributed by atoms with van der Waals surface area (Å²) >= 11 is 11.7. The third-order valence-electron chi connectivity index (χ3n) is 5.95. The van der Waals surface area contributed by atoms with E-state index in [2.05, 4.69) is 27.7 Å². The first kappa shape index (κ1) is 20.1. The number of carbonyl (C=O) groups is 1. The Morgan fingerprint density at radius 3 is 2.62 bits per heavy atom. The topological polar surface area (TPSA) is 47.6 Å². The number of halogens is 1. The van der Waals surface area contributed by atoms with Crippen molar-refractivity contribution < 1.29 is 4.79 Å². The lowest BCUT2D eigenvalue weighted by Gasteiger charge is -2.44. The molecule has 0 aliphatic carbocycles. The van der Waals surface area contributed by atoms with Crippen molar-refractivity contribution >= 4 is 40.5 Å². The lowest BCUT2D eigenvalue weighted by Crippen LogP contribution is -2.59. The third kappa shape index (κ3) is 4.25. The molecule has 2 fully saturated rings. The molecular formula is C22H25ClN4OS. The molecule has 5 nitrogen and oxygen atoms in total. The molecule has 0 aromatic heterocycles. The van der Waals surface area contributed by atoms with E-state index in [4.69, 9.17) is 23.8 Å². The molecule has 7 heteroatoms. The first-order valence-corrected chi connectivity index (χ1v) is 10.7. The molecule has 0 radical (unpaired) electrons. The van der Waals surface area contributed by atoms with E-state index in [1.807, 2.05) is 54.4 Å². The van der Waals surface area contributed by atoms with Gasteiger partial charge in [0.2, 0.25) is 5.91 Å². The van der Waals surface area contributed by atoms with Crippen LogP contribution in [0.5, 0.6) is 0 Å². The van der Waals surface area contributed by atoms with Crippen molar-refractivity contribution in [2.45, 2.75) is 31.0 Å². The SMILES string of the molecule is CN1C(=O)[C@@H](Cc2ccccc2)NC12CCN(C(=S)Nc1cccc(Cl)c1)CC2. The molecule has 0 bridgehead atoms. The van der Waals surface area contributed by atoms with Gasteiger partial charge in [-0.15, -0.1) is 0 Å². The largest absolute Gasteiger partial charge is 0.349 e. The molecule has 152 valence electrons. The number of likely N-dealkylation sites (tertiary alicyclic amines) is 1. The molecule has 1 spiro atoms. The highest BCUT2D eigenvalue weighted by atomic mass is 35.5. The first-order valence-electron chi connectivity index (χ1n) is 9.88. The van der Waals surface area contributed by atoms with Crippen LogP contribution >= 0.6 is 23.8 Å². The molecule has 4 rings (SSSR count). The molecule has 2 saturated heterocycles. The summed E-state index contributed by atoms with van der Waals surface area (Å²) in [4.78, 5) is 16.9. The Morgan fingerprint density at radius 2 is 1.93 bits per heavy atom. The summed E-state index contributed by atoms with van der Waals surface area (Å²) in [5, 5.41) is 8.27. The van der Waals surface area contributed by atoms with Crippen molar-refractivity contribution in [3.63, 3.8) is 0 Å². The van der Waals surface area contributed by atoms with Crippen LogP contribution in [-0.4, -0.2) is 52.7 Å². The number of thiocarbonyl (C=S) groups is 1. The van der Waals surface area contributed by atoms with E-state index in [-0.39, 0.29) is 17.6 Å². The van der Waals surface area contributed by atoms with Gasteiger partial charge >= 0.3 is 0 Å². The van der Waals surface area contributed by atoms with E-state index < -0.39 is 0 Å². The Morgan fingerprint density at radius 1 is 1.21 bits per heavy atom. The molecule has 2 aromatic carbocycles. The maximum atomic E-state index is 12.9. The minimum absolute atomic E-state index is 0.168. The predicted molar refractivity (Wildman–Crippen MR) is 121 cm³/mol. The van der Waals surface area contributed by atoms with Crippen molar-refractivity contribution in [1.82, 2.24) is 15.1 Å². The van der Waals surface area contributed by atoms with Crippen LogP contribution in [0.15, 0.2) is 54.6 Å². The maximum absolute atomic E-state index is 12.9. The van der Waals surface area contributed by atoms with Gasteiger partial charge in [0.15, 0.2) is 5.11 Å². The Bertz CT molecular complexity index is 899. The van der Waals surface area contributed by atoms with Crippen LogP contribution in [0, 0.1) is 0 Å². The summed E-state index contributed by atoms with van der Waals surface area (Å²) < 4.78 is 0. The quantitative estimate of drug-likeness (QED) is 0.733. The van der Waals surface area contributed by atoms with Crippen LogP contribution in [0.4, 0.5) is 5.69 Å². The van der Waals surface area contributed by atoms with Crippen molar-refractivity contribution in [2.75, 3.05) is 25.5 Å². The zero-order chi connectivity index (χ0) is 20.4. The number of benzene rings is 2. The van der Waals surface area contributed by atoms with E-state index >= 15 is 0 Å². The molecule has 0 saturated carbocycles. The summed E-state index contributed by atoms with van der Waals surface area (Å²) in [5.74, 6) is 0.168. The van der Waals surface area contributed by atoms with Gasteiger partial charge in [-0.25, -0.2) is 0 Å². The Balaban J connectivity index is 1.37. The summed E-state index contributed by atoms with van der Waals surface area (Å²) in [6.45, 7) is 1.57. The number of hydrogen-bond acceptors (Lipinski definition) is 3. The number of rotatable bonds is 3. The molecule has 2 heterocycles. The molecule has 1 amide bonds. The summed E-state index contributed by atoms with van der Waals surface area (Å²) in [6.07, 6.45) is 2.38. The van der Waals surface area contributed by atoms with E-state index in [1.54, 1.807) is 0 Å². The van der Waals surface area contributed by atoms with Crippen LogP contribution in [0.2, 0.25) is 5.02 Å². The number of nitrogens with zero attached hydrogens (tertiary/aromatic N) is 2. The van der Waals surface area contributed by atoms with Crippen molar-refractivity contribution in [3.8, 4) is 0 Å². The second-order valence-electron chi connectivity index (χ2n) is 7.74. The molecule has 2 N–H and O–H groups in total. The van der Waals surface area contributed by atoms with E-state index in [9.17, 15) is 4.79 Å². The molecule has 29 heavy (non-hydrogen) atoms. The maximum Gasteiger partial charge on any atom is 0.241 e. The summed E-state index contributed by atoms with van der Waals surface area (Å²) in [6, 6.07) is 17.5. The zero-order valence-electron chi connectivity index (χ0n) is 16.4. The van der Waals surface area contributed by atoms with Gasteiger partial charge in [-0.2, -0.15) is 0 Å². The highest BCUT2D eigenvalue weighted by Gasteiger charge is 2.49. The molecule has 2 aliphatic rings. The molecule has 2 aromatic rings. The van der Waals surface area contributed by atoms with E-state index in [1.165, 1.54) is 5.56 Å². The average molecular weight is 429 g/mol. The lowest BCUT2D eigenvalue weighted by molar-refractivity contribution is -0.131. The van der Waals surface area contributed by atoms with Gasteiger partial charge in [0, 0.05) is 43.7 Å². The monoisotopic (exact) mass is 428 g/mol. The van der Waals surface area contributed by atoms with Gasteiger partial charge in [0.1, 0.15) is 0 Å². The fourth-order valence-corrected chi connectivity index (χ4v) is 4.73. The van der Waals surface area contributed by atoms with Gasteiger partial charge in [0.25, 0.3) is 0 Å². The molecular weight excluding hydrogens is 404 g/mol. The van der Waals surface area contributed by atoms with Gasteiger partial charge in [0.05, 0.1) is 11.7 Å². The number of nitrogens with one attached hydrogen (secondary N) is 2. The highest BCUT2D eigenvalue weighted by Crippen LogP contribution is 2.32. The smallest absolute Gasteiger partial charge is 0.241 e. The number of carbonyl (C=O) groups excluding carboxylic acids is 1. The Hall–Kier alpha value is -2.15. The zero-order valence-corrected chi connectivity index (χ0v) is 18.0. The highest BCUT2D eigenvalue weighted by molar-refractivity contribution is 7.80. The number of anilines is 1. The number of hydrogen-bond donors (Lipinski definition) is 2. The van der Waals surface area contributed by atoms with Gasteiger partial charge in [-0.1, -0.05) is 48.0 Å². The van der Waals surface area contributed by atoms with Gasteiger partial charge in [-0.3, -0.25) is 10.1 Å².